The Morgan fingerprint density at radius 2 is 2.18 bits per heavy atom. The highest BCUT2D eigenvalue weighted by molar-refractivity contribution is 7.93. The normalized spacial score (nSPS) is 36.9. The van der Waals surface area contributed by atoms with Crippen LogP contribution < -0.4 is 0 Å². The third kappa shape index (κ3) is 1.75. The molecule has 3 heteroatoms. The molecular weight excluding hydrogens is 158 g/mol. The van der Waals surface area contributed by atoms with Crippen molar-refractivity contribution >= 4 is 9.73 Å². The van der Waals surface area contributed by atoms with E-state index in [9.17, 15) is 4.21 Å². The van der Waals surface area contributed by atoms with Crippen molar-refractivity contribution in [1.29, 1.82) is 4.78 Å². The van der Waals surface area contributed by atoms with Crippen LogP contribution in [-0.4, -0.2) is 15.2 Å². The van der Waals surface area contributed by atoms with E-state index in [1.807, 2.05) is 6.92 Å². The summed E-state index contributed by atoms with van der Waals surface area (Å²) in [6, 6.07) is 0. The Labute approximate surface area is 69.4 Å². The summed E-state index contributed by atoms with van der Waals surface area (Å²) in [7, 11) is -2.25. The van der Waals surface area contributed by atoms with Gasteiger partial charge in [-0.25, -0.2) is 4.21 Å². The summed E-state index contributed by atoms with van der Waals surface area (Å²) < 4.78 is 19.3. The predicted molar refractivity (Wildman–Crippen MR) is 48.2 cm³/mol. The van der Waals surface area contributed by atoms with Crippen LogP contribution in [0, 0.1) is 10.7 Å². The van der Waals surface area contributed by atoms with Crippen LogP contribution in [0.3, 0.4) is 0 Å². The number of nitrogens with one attached hydrogen (secondary N) is 1. The summed E-state index contributed by atoms with van der Waals surface area (Å²) in [6.45, 7) is 3.99. The van der Waals surface area contributed by atoms with Gasteiger partial charge in [-0.15, -0.1) is 0 Å². The molecule has 0 radical (unpaired) electrons. The maximum atomic E-state index is 11.6. The minimum Gasteiger partial charge on any atom is -0.253 e. The molecule has 1 rings (SSSR count). The SMILES string of the molecule is CCS(=N)(=O)C1CCCC1C. The van der Waals surface area contributed by atoms with E-state index in [2.05, 4.69) is 6.92 Å². The molecule has 2 nitrogen and oxygen atoms in total. The third-order valence-corrected chi connectivity index (χ3v) is 5.24. The summed E-state index contributed by atoms with van der Waals surface area (Å²) >= 11 is 0. The van der Waals surface area contributed by atoms with E-state index in [1.165, 1.54) is 12.8 Å². The predicted octanol–water partition coefficient (Wildman–Crippen LogP) is 2.24. The van der Waals surface area contributed by atoms with Gasteiger partial charge in [0.2, 0.25) is 0 Å². The Hall–Kier alpha value is -0.0500. The molecule has 1 N–H and O–H groups in total. The highest BCUT2D eigenvalue weighted by Crippen LogP contribution is 2.31. The van der Waals surface area contributed by atoms with E-state index in [4.69, 9.17) is 4.78 Å². The molecule has 1 aliphatic rings. The van der Waals surface area contributed by atoms with Crippen molar-refractivity contribution in [3.8, 4) is 0 Å². The molecule has 11 heavy (non-hydrogen) atoms. The van der Waals surface area contributed by atoms with E-state index in [0.29, 0.717) is 11.7 Å². The minimum atomic E-state index is -2.25. The van der Waals surface area contributed by atoms with Crippen molar-refractivity contribution in [1.82, 2.24) is 0 Å². The Morgan fingerprint density at radius 1 is 1.55 bits per heavy atom. The van der Waals surface area contributed by atoms with E-state index in [0.717, 1.165) is 6.42 Å². The standard InChI is InChI=1S/C8H17NOS/c1-3-11(9,10)8-6-4-5-7(8)2/h7-9H,3-6H2,1-2H3. The van der Waals surface area contributed by atoms with Gasteiger partial charge in [-0.2, -0.15) is 0 Å². The van der Waals surface area contributed by atoms with Gasteiger partial charge in [-0.05, 0) is 18.8 Å². The van der Waals surface area contributed by atoms with Crippen LogP contribution in [0.4, 0.5) is 0 Å². The lowest BCUT2D eigenvalue weighted by Crippen LogP contribution is -2.23. The molecular formula is C8H17NOS. The first-order chi connectivity index (χ1) is 5.08. The van der Waals surface area contributed by atoms with Gasteiger partial charge in [0, 0.05) is 20.7 Å². The molecule has 1 saturated carbocycles. The zero-order valence-corrected chi connectivity index (χ0v) is 8.12. The fourth-order valence-corrected chi connectivity index (χ4v) is 3.75. The van der Waals surface area contributed by atoms with Crippen LogP contribution in [0.2, 0.25) is 0 Å². The number of hydrogen-bond donors (Lipinski definition) is 1. The lowest BCUT2D eigenvalue weighted by molar-refractivity contribution is 0.592. The van der Waals surface area contributed by atoms with Gasteiger partial charge in [0.15, 0.2) is 0 Å². The van der Waals surface area contributed by atoms with Crippen molar-refractivity contribution < 1.29 is 4.21 Å². The molecule has 66 valence electrons. The van der Waals surface area contributed by atoms with Crippen molar-refractivity contribution in [3.63, 3.8) is 0 Å². The first-order valence-corrected chi connectivity index (χ1v) is 6.12. The maximum absolute atomic E-state index is 11.6. The molecule has 0 bridgehead atoms. The maximum Gasteiger partial charge on any atom is 0.0470 e. The molecule has 0 aliphatic heterocycles. The molecule has 0 saturated heterocycles. The molecule has 0 amide bonds. The van der Waals surface area contributed by atoms with Crippen molar-refractivity contribution in [2.45, 2.75) is 38.4 Å². The van der Waals surface area contributed by atoms with Gasteiger partial charge >= 0.3 is 0 Å². The van der Waals surface area contributed by atoms with Crippen molar-refractivity contribution in [3.05, 3.63) is 0 Å². The Balaban J connectivity index is 2.75. The summed E-state index contributed by atoms with van der Waals surface area (Å²) in [5, 5.41) is 0.187. The first kappa shape index (κ1) is 9.04. The zero-order chi connectivity index (χ0) is 8.48. The largest absolute Gasteiger partial charge is 0.253 e. The van der Waals surface area contributed by atoms with Crippen LogP contribution in [0.25, 0.3) is 0 Å². The summed E-state index contributed by atoms with van der Waals surface area (Å²) in [5.41, 5.74) is 0. The first-order valence-electron chi connectivity index (χ1n) is 4.33. The molecule has 0 aromatic heterocycles. The number of hydrogen-bond acceptors (Lipinski definition) is 2. The Kier molecular flexibility index (Phi) is 2.58. The molecule has 3 atom stereocenters. The number of rotatable bonds is 2. The van der Waals surface area contributed by atoms with E-state index < -0.39 is 9.73 Å². The third-order valence-electron chi connectivity index (χ3n) is 2.70. The molecule has 1 fully saturated rings. The van der Waals surface area contributed by atoms with Crippen LogP contribution in [0.1, 0.15) is 33.1 Å². The van der Waals surface area contributed by atoms with Gasteiger partial charge in [0.1, 0.15) is 0 Å². The van der Waals surface area contributed by atoms with Crippen molar-refractivity contribution in [2.75, 3.05) is 5.75 Å². The highest BCUT2D eigenvalue weighted by atomic mass is 32.2. The highest BCUT2D eigenvalue weighted by Gasteiger charge is 2.30. The van der Waals surface area contributed by atoms with Gasteiger partial charge in [-0.3, -0.25) is 4.78 Å². The molecule has 0 aromatic rings. The fourth-order valence-electron chi connectivity index (χ4n) is 1.89. The quantitative estimate of drug-likeness (QED) is 0.687. The van der Waals surface area contributed by atoms with E-state index >= 15 is 0 Å². The van der Waals surface area contributed by atoms with Crippen LogP contribution in [-0.2, 0) is 9.73 Å². The monoisotopic (exact) mass is 175 g/mol. The van der Waals surface area contributed by atoms with Crippen molar-refractivity contribution in [2.24, 2.45) is 5.92 Å². The van der Waals surface area contributed by atoms with Gasteiger partial charge in [0.25, 0.3) is 0 Å². The van der Waals surface area contributed by atoms with Crippen LogP contribution in [0.15, 0.2) is 0 Å². The van der Waals surface area contributed by atoms with Gasteiger partial charge < -0.3 is 0 Å². The zero-order valence-electron chi connectivity index (χ0n) is 7.30. The topological polar surface area (TPSA) is 40.9 Å². The van der Waals surface area contributed by atoms with Gasteiger partial charge in [0.05, 0.1) is 0 Å². The summed E-state index contributed by atoms with van der Waals surface area (Å²) in [5.74, 6) is 1.04. The Bertz CT molecular complexity index is 220. The molecule has 0 heterocycles. The lowest BCUT2D eigenvalue weighted by atomic mass is 10.1. The summed E-state index contributed by atoms with van der Waals surface area (Å²) in [4.78, 5) is 0. The summed E-state index contributed by atoms with van der Waals surface area (Å²) in [6.07, 6.45) is 3.35. The fraction of sp³-hybridized carbons (Fsp3) is 1.00. The average Bonchev–Trinajstić information content (AvgIpc) is 2.36. The minimum absolute atomic E-state index is 0.187. The smallest absolute Gasteiger partial charge is 0.0470 e. The van der Waals surface area contributed by atoms with E-state index in [1.54, 1.807) is 0 Å². The van der Waals surface area contributed by atoms with Crippen LogP contribution >= 0.6 is 0 Å². The molecule has 3 unspecified atom stereocenters. The molecule has 1 aliphatic carbocycles. The second-order valence-corrected chi connectivity index (χ2v) is 6.10. The molecule has 0 spiro atoms. The lowest BCUT2D eigenvalue weighted by Gasteiger charge is -2.17. The van der Waals surface area contributed by atoms with Crippen LogP contribution in [0.5, 0.6) is 0 Å². The average molecular weight is 175 g/mol. The molecule has 0 aromatic carbocycles. The van der Waals surface area contributed by atoms with E-state index in [-0.39, 0.29) is 5.25 Å². The second-order valence-electron chi connectivity index (χ2n) is 3.46. The Morgan fingerprint density at radius 3 is 2.55 bits per heavy atom. The van der Waals surface area contributed by atoms with Gasteiger partial charge in [-0.1, -0.05) is 20.3 Å². The second kappa shape index (κ2) is 3.13.